The van der Waals surface area contributed by atoms with Gasteiger partial charge in [0.1, 0.15) is 15.6 Å². The Bertz CT molecular complexity index is 723. The summed E-state index contributed by atoms with van der Waals surface area (Å²) in [5.41, 5.74) is 1.93. The van der Waals surface area contributed by atoms with Crippen molar-refractivity contribution < 1.29 is 9.53 Å². The number of aromatic nitrogens is 1. The zero-order valence-corrected chi connectivity index (χ0v) is 15.7. The van der Waals surface area contributed by atoms with Crippen molar-refractivity contribution in [1.29, 1.82) is 0 Å². The second-order valence-corrected chi connectivity index (χ2v) is 7.41. The monoisotopic (exact) mass is 359 g/mol. The average Bonchev–Trinajstić information content (AvgIpc) is 3.25. The molecule has 1 saturated heterocycles. The van der Waals surface area contributed by atoms with E-state index in [9.17, 15) is 4.79 Å². The number of aryl methyl sites for hydroxylation is 1. The van der Waals surface area contributed by atoms with Gasteiger partial charge in [-0.15, -0.1) is 11.3 Å². The van der Waals surface area contributed by atoms with Gasteiger partial charge in [0.15, 0.2) is 0 Å². The van der Waals surface area contributed by atoms with Gasteiger partial charge in [0.2, 0.25) is 0 Å². The number of hydrogen-bond acceptors (Lipinski definition) is 5. The summed E-state index contributed by atoms with van der Waals surface area (Å²) < 4.78 is 5.35. The fourth-order valence-corrected chi connectivity index (χ4v) is 4.19. The van der Waals surface area contributed by atoms with Crippen LogP contribution in [0.25, 0.3) is 0 Å². The molecule has 6 heteroatoms. The summed E-state index contributed by atoms with van der Waals surface area (Å²) >= 11 is 1.52. The Hall–Kier alpha value is -1.92. The van der Waals surface area contributed by atoms with Crippen LogP contribution in [0.2, 0.25) is 0 Å². The molecule has 0 radical (unpaired) electrons. The van der Waals surface area contributed by atoms with Crippen molar-refractivity contribution in [1.82, 2.24) is 15.2 Å². The number of para-hydroxylation sites is 1. The van der Waals surface area contributed by atoms with Gasteiger partial charge in [-0.2, -0.15) is 0 Å². The Balaban J connectivity index is 1.55. The highest BCUT2D eigenvalue weighted by atomic mass is 32.1. The maximum absolute atomic E-state index is 12.5. The highest BCUT2D eigenvalue weighted by molar-refractivity contribution is 7.13. The quantitative estimate of drug-likeness (QED) is 0.826. The molecule has 0 unspecified atom stereocenters. The van der Waals surface area contributed by atoms with Gasteiger partial charge in [-0.05, 0) is 50.9 Å². The lowest BCUT2D eigenvalue weighted by Gasteiger charge is -2.11. The highest BCUT2D eigenvalue weighted by Gasteiger charge is 2.18. The predicted molar refractivity (Wildman–Crippen MR) is 100 cm³/mol. The van der Waals surface area contributed by atoms with E-state index in [-0.39, 0.29) is 5.91 Å². The molecule has 1 aliphatic rings. The summed E-state index contributed by atoms with van der Waals surface area (Å²) in [6.45, 7) is 5.63. The molecule has 5 nitrogen and oxygen atoms in total. The largest absolute Gasteiger partial charge is 0.496 e. The number of thiazole rings is 1. The summed E-state index contributed by atoms with van der Waals surface area (Å²) in [6.07, 6.45) is 3.27. The van der Waals surface area contributed by atoms with Crippen LogP contribution in [0.3, 0.4) is 0 Å². The fourth-order valence-electron chi connectivity index (χ4n) is 3.16. The molecule has 1 aliphatic heterocycles. The third-order valence-electron chi connectivity index (χ3n) is 4.48. The van der Waals surface area contributed by atoms with Crippen LogP contribution in [-0.2, 0) is 13.0 Å². The minimum Gasteiger partial charge on any atom is -0.496 e. The third-order valence-corrected chi connectivity index (χ3v) is 5.62. The van der Waals surface area contributed by atoms with E-state index >= 15 is 0 Å². The Morgan fingerprint density at radius 3 is 2.84 bits per heavy atom. The van der Waals surface area contributed by atoms with Crippen LogP contribution in [-0.4, -0.2) is 42.5 Å². The standard InChI is InChI=1S/C19H25N3O2S/c1-14-18(25-17(21-14)13-22-11-5-6-12-22)19(23)20-10-9-15-7-3-4-8-16(15)24-2/h3-4,7-8H,5-6,9-13H2,1-2H3,(H,20,23). The van der Waals surface area contributed by atoms with Crippen LogP contribution in [0.4, 0.5) is 0 Å². The van der Waals surface area contributed by atoms with Crippen molar-refractivity contribution in [3.05, 3.63) is 45.4 Å². The van der Waals surface area contributed by atoms with Gasteiger partial charge in [-0.25, -0.2) is 4.98 Å². The first-order valence-corrected chi connectivity index (χ1v) is 9.58. The van der Waals surface area contributed by atoms with Gasteiger partial charge in [0.05, 0.1) is 19.3 Å². The molecule has 2 aromatic rings. The number of nitrogens with zero attached hydrogens (tertiary/aromatic N) is 2. The lowest BCUT2D eigenvalue weighted by atomic mass is 10.1. The van der Waals surface area contributed by atoms with Crippen LogP contribution in [0.15, 0.2) is 24.3 Å². The number of amides is 1. The number of benzene rings is 1. The minimum atomic E-state index is -0.0300. The zero-order chi connectivity index (χ0) is 17.6. The summed E-state index contributed by atoms with van der Waals surface area (Å²) in [7, 11) is 1.67. The maximum Gasteiger partial charge on any atom is 0.263 e. The molecule has 0 atom stereocenters. The lowest BCUT2D eigenvalue weighted by Crippen LogP contribution is -2.25. The average molecular weight is 359 g/mol. The Morgan fingerprint density at radius 2 is 2.08 bits per heavy atom. The molecule has 0 aliphatic carbocycles. The summed E-state index contributed by atoms with van der Waals surface area (Å²) in [6, 6.07) is 7.90. The summed E-state index contributed by atoms with van der Waals surface area (Å²) in [5, 5.41) is 4.05. The molecular formula is C19H25N3O2S. The van der Waals surface area contributed by atoms with Crippen molar-refractivity contribution in [2.75, 3.05) is 26.7 Å². The van der Waals surface area contributed by atoms with Gasteiger partial charge >= 0.3 is 0 Å². The number of nitrogens with one attached hydrogen (secondary N) is 1. The molecular weight excluding hydrogens is 334 g/mol. The van der Waals surface area contributed by atoms with Gasteiger partial charge < -0.3 is 10.1 Å². The Morgan fingerprint density at radius 1 is 1.32 bits per heavy atom. The summed E-state index contributed by atoms with van der Waals surface area (Å²) in [5.74, 6) is 0.830. The molecule has 1 amide bonds. The molecule has 2 heterocycles. The molecule has 25 heavy (non-hydrogen) atoms. The van der Waals surface area contributed by atoms with Gasteiger partial charge in [0, 0.05) is 6.54 Å². The number of methoxy groups -OCH3 is 1. The molecule has 1 aromatic heterocycles. The minimum absolute atomic E-state index is 0.0300. The van der Waals surface area contributed by atoms with E-state index < -0.39 is 0 Å². The molecule has 1 fully saturated rings. The first-order chi connectivity index (χ1) is 12.2. The molecule has 1 aromatic carbocycles. The van der Waals surface area contributed by atoms with E-state index in [2.05, 4.69) is 15.2 Å². The highest BCUT2D eigenvalue weighted by Crippen LogP contribution is 2.21. The van der Waals surface area contributed by atoms with Gasteiger partial charge in [-0.1, -0.05) is 18.2 Å². The van der Waals surface area contributed by atoms with E-state index in [4.69, 9.17) is 4.74 Å². The van der Waals surface area contributed by atoms with E-state index in [0.29, 0.717) is 6.54 Å². The molecule has 3 rings (SSSR count). The first kappa shape index (κ1) is 17.9. The topological polar surface area (TPSA) is 54.5 Å². The summed E-state index contributed by atoms with van der Waals surface area (Å²) in [4.78, 5) is 20.2. The van der Waals surface area contributed by atoms with Gasteiger partial charge in [0.25, 0.3) is 5.91 Å². The van der Waals surface area contributed by atoms with Crippen LogP contribution in [0.5, 0.6) is 5.75 Å². The number of carbonyl (C=O) groups excluding carboxylic acids is 1. The SMILES string of the molecule is COc1ccccc1CCNC(=O)c1sc(CN2CCCC2)nc1C. The number of rotatable bonds is 7. The van der Waals surface area contributed by atoms with Crippen molar-refractivity contribution >= 4 is 17.2 Å². The van der Waals surface area contributed by atoms with E-state index in [1.165, 1.54) is 24.2 Å². The van der Waals surface area contributed by atoms with Gasteiger partial charge in [-0.3, -0.25) is 9.69 Å². The van der Waals surface area contributed by atoms with Crippen LogP contribution in [0.1, 0.15) is 38.8 Å². The van der Waals surface area contributed by atoms with Crippen LogP contribution in [0, 0.1) is 6.92 Å². The lowest BCUT2D eigenvalue weighted by molar-refractivity contribution is 0.0957. The predicted octanol–water partition coefficient (Wildman–Crippen LogP) is 3.03. The number of carbonyl (C=O) groups is 1. The first-order valence-electron chi connectivity index (χ1n) is 8.76. The van der Waals surface area contributed by atoms with E-state index in [0.717, 1.165) is 52.9 Å². The van der Waals surface area contributed by atoms with E-state index in [1.54, 1.807) is 7.11 Å². The van der Waals surface area contributed by atoms with Crippen molar-refractivity contribution in [2.24, 2.45) is 0 Å². The van der Waals surface area contributed by atoms with E-state index in [1.807, 2.05) is 31.2 Å². The second kappa shape index (κ2) is 8.45. The third kappa shape index (κ3) is 4.58. The molecule has 0 bridgehead atoms. The second-order valence-electron chi connectivity index (χ2n) is 6.32. The fraction of sp³-hybridized carbons (Fsp3) is 0.474. The smallest absolute Gasteiger partial charge is 0.263 e. The molecule has 134 valence electrons. The van der Waals surface area contributed by atoms with Crippen LogP contribution >= 0.6 is 11.3 Å². The molecule has 0 saturated carbocycles. The van der Waals surface area contributed by atoms with Crippen molar-refractivity contribution in [3.8, 4) is 5.75 Å². The van der Waals surface area contributed by atoms with Crippen molar-refractivity contribution in [3.63, 3.8) is 0 Å². The number of hydrogen-bond donors (Lipinski definition) is 1. The number of likely N-dealkylation sites (tertiary alicyclic amines) is 1. The Labute approximate surface area is 153 Å². The normalized spacial score (nSPS) is 14.6. The molecule has 0 spiro atoms. The Kier molecular flexibility index (Phi) is 6.04. The number of ether oxygens (including phenoxy) is 1. The van der Waals surface area contributed by atoms with Crippen LogP contribution < -0.4 is 10.1 Å². The zero-order valence-electron chi connectivity index (χ0n) is 14.9. The maximum atomic E-state index is 12.5. The van der Waals surface area contributed by atoms with Crippen molar-refractivity contribution in [2.45, 2.75) is 32.7 Å². The molecule has 1 N–H and O–H groups in total.